The molecule has 0 aliphatic rings. The smallest absolute Gasteiger partial charge is 0.0623 e. The number of hydrogen-bond acceptors (Lipinski definition) is 1. The van der Waals surface area contributed by atoms with Gasteiger partial charge < -0.3 is 5.11 Å². The molecule has 0 aromatic rings. The lowest BCUT2D eigenvalue weighted by Crippen LogP contribution is -2.18. The van der Waals surface area contributed by atoms with Gasteiger partial charge in [0.05, 0.1) is 5.60 Å². The summed E-state index contributed by atoms with van der Waals surface area (Å²) in [7, 11) is 0. The fourth-order valence-electron chi connectivity index (χ4n) is 2.79. The average molecular weight is 298 g/mol. The van der Waals surface area contributed by atoms with Crippen molar-refractivity contribution in [2.45, 2.75) is 123 Å². The van der Waals surface area contributed by atoms with Gasteiger partial charge in [0.1, 0.15) is 0 Å². The number of unbranched alkanes of at least 4 members (excludes halogenated alkanes) is 14. The zero-order valence-corrected chi connectivity index (χ0v) is 15.1. The predicted octanol–water partition coefficient (Wildman–Crippen LogP) is 6.83. The van der Waals surface area contributed by atoms with Crippen molar-refractivity contribution < 1.29 is 5.11 Å². The van der Waals surface area contributed by atoms with Crippen LogP contribution in [0.1, 0.15) is 117 Å². The molecule has 1 radical (unpaired) electrons. The van der Waals surface area contributed by atoms with Gasteiger partial charge in [-0.05, 0) is 26.7 Å². The molecule has 0 amide bonds. The van der Waals surface area contributed by atoms with Crippen LogP contribution in [-0.2, 0) is 0 Å². The van der Waals surface area contributed by atoms with Crippen molar-refractivity contribution in [1.29, 1.82) is 0 Å². The molecule has 1 heteroatoms. The van der Waals surface area contributed by atoms with Crippen LogP contribution >= 0.6 is 0 Å². The molecule has 0 unspecified atom stereocenters. The van der Waals surface area contributed by atoms with E-state index >= 15 is 0 Å². The summed E-state index contributed by atoms with van der Waals surface area (Å²) in [6, 6.07) is 0. The number of hydrogen-bond donors (Lipinski definition) is 1. The van der Waals surface area contributed by atoms with Crippen LogP contribution in [-0.4, -0.2) is 10.7 Å². The molecular formula is C20H41O. The van der Waals surface area contributed by atoms with E-state index in [2.05, 4.69) is 6.92 Å². The van der Waals surface area contributed by atoms with Gasteiger partial charge in [0, 0.05) is 0 Å². The minimum atomic E-state index is -0.587. The Kier molecular flexibility index (Phi) is 14.9. The van der Waals surface area contributed by atoms with Crippen molar-refractivity contribution in [3.05, 3.63) is 6.42 Å². The summed E-state index contributed by atoms with van der Waals surface area (Å²) < 4.78 is 0. The minimum absolute atomic E-state index is 0.587. The molecule has 0 saturated heterocycles. The summed E-state index contributed by atoms with van der Waals surface area (Å²) in [5.41, 5.74) is -0.587. The quantitative estimate of drug-likeness (QED) is 0.309. The van der Waals surface area contributed by atoms with Crippen LogP contribution in [0.2, 0.25) is 0 Å². The van der Waals surface area contributed by atoms with Crippen LogP contribution < -0.4 is 0 Å². The van der Waals surface area contributed by atoms with Gasteiger partial charge in [0.25, 0.3) is 0 Å². The van der Waals surface area contributed by atoms with Crippen molar-refractivity contribution in [2.75, 3.05) is 0 Å². The summed E-state index contributed by atoms with van der Waals surface area (Å²) in [5.74, 6) is 0. The second kappa shape index (κ2) is 14.9. The van der Waals surface area contributed by atoms with E-state index in [0.29, 0.717) is 0 Å². The third kappa shape index (κ3) is 20.0. The van der Waals surface area contributed by atoms with Crippen molar-refractivity contribution in [3.63, 3.8) is 0 Å². The van der Waals surface area contributed by atoms with Crippen LogP contribution in [0.5, 0.6) is 0 Å². The molecule has 0 spiro atoms. The summed E-state index contributed by atoms with van der Waals surface area (Å²) in [6.45, 7) is 6.00. The maximum Gasteiger partial charge on any atom is 0.0623 e. The maximum absolute atomic E-state index is 9.57. The van der Waals surface area contributed by atoms with E-state index in [0.717, 1.165) is 6.42 Å². The van der Waals surface area contributed by atoms with Gasteiger partial charge in [-0.15, -0.1) is 0 Å². The first kappa shape index (κ1) is 21.0. The van der Waals surface area contributed by atoms with Gasteiger partial charge in [-0.2, -0.15) is 0 Å². The number of aliphatic hydroxyl groups is 1. The fourth-order valence-corrected chi connectivity index (χ4v) is 2.79. The first-order valence-corrected chi connectivity index (χ1v) is 9.63. The standard InChI is InChI=1S/C20H41O/c1-4-5-6-7-8-9-10-11-12-13-14-15-16-17-18-19-20(2,3)21/h19,21H,4-18H2,1-3H3. The third-order valence-corrected chi connectivity index (χ3v) is 4.20. The normalized spacial score (nSPS) is 12.0. The molecule has 1 nitrogen and oxygen atoms in total. The molecule has 0 aromatic heterocycles. The lowest BCUT2D eigenvalue weighted by molar-refractivity contribution is 0.111. The van der Waals surface area contributed by atoms with Gasteiger partial charge in [0.15, 0.2) is 0 Å². The summed E-state index contributed by atoms with van der Waals surface area (Å²) in [6.07, 6.45) is 22.8. The first-order chi connectivity index (χ1) is 10.1. The van der Waals surface area contributed by atoms with E-state index < -0.39 is 5.60 Å². The second-order valence-electron chi connectivity index (χ2n) is 7.24. The second-order valence-corrected chi connectivity index (χ2v) is 7.24. The Balaban J connectivity index is 3.00. The van der Waals surface area contributed by atoms with Crippen molar-refractivity contribution >= 4 is 0 Å². The van der Waals surface area contributed by atoms with Crippen LogP contribution in [0.3, 0.4) is 0 Å². The molecule has 0 aromatic carbocycles. The highest BCUT2D eigenvalue weighted by Crippen LogP contribution is 2.15. The molecular weight excluding hydrogens is 256 g/mol. The molecule has 0 fully saturated rings. The van der Waals surface area contributed by atoms with Crippen LogP contribution in [0, 0.1) is 6.42 Å². The first-order valence-electron chi connectivity index (χ1n) is 9.63. The van der Waals surface area contributed by atoms with Gasteiger partial charge in [0.2, 0.25) is 0 Å². The van der Waals surface area contributed by atoms with E-state index in [1.54, 1.807) is 0 Å². The fraction of sp³-hybridized carbons (Fsp3) is 0.950. The zero-order chi connectivity index (χ0) is 15.8. The maximum atomic E-state index is 9.57. The van der Waals surface area contributed by atoms with E-state index in [9.17, 15) is 5.11 Å². The van der Waals surface area contributed by atoms with E-state index in [1.807, 2.05) is 20.3 Å². The molecule has 21 heavy (non-hydrogen) atoms. The highest BCUT2D eigenvalue weighted by atomic mass is 16.3. The Bertz CT molecular complexity index is 193. The Morgan fingerprint density at radius 1 is 0.619 bits per heavy atom. The van der Waals surface area contributed by atoms with Crippen LogP contribution in [0.25, 0.3) is 0 Å². The molecule has 0 rings (SSSR count). The van der Waals surface area contributed by atoms with E-state index in [-0.39, 0.29) is 0 Å². The zero-order valence-electron chi connectivity index (χ0n) is 15.1. The Hall–Kier alpha value is -0.0400. The van der Waals surface area contributed by atoms with Crippen LogP contribution in [0.15, 0.2) is 0 Å². The molecule has 0 bridgehead atoms. The molecule has 0 atom stereocenters. The Morgan fingerprint density at radius 2 is 0.952 bits per heavy atom. The van der Waals surface area contributed by atoms with Gasteiger partial charge in [-0.25, -0.2) is 0 Å². The van der Waals surface area contributed by atoms with Gasteiger partial charge in [-0.1, -0.05) is 96.8 Å². The predicted molar refractivity (Wildman–Crippen MR) is 95.5 cm³/mol. The lowest BCUT2D eigenvalue weighted by Gasteiger charge is -2.15. The Morgan fingerprint density at radius 3 is 1.29 bits per heavy atom. The van der Waals surface area contributed by atoms with Gasteiger partial charge >= 0.3 is 0 Å². The molecule has 0 saturated carbocycles. The van der Waals surface area contributed by atoms with Crippen molar-refractivity contribution in [2.24, 2.45) is 0 Å². The minimum Gasteiger partial charge on any atom is -0.390 e. The van der Waals surface area contributed by atoms with Crippen LogP contribution in [0.4, 0.5) is 0 Å². The van der Waals surface area contributed by atoms with Gasteiger partial charge in [-0.3, -0.25) is 0 Å². The number of rotatable bonds is 16. The topological polar surface area (TPSA) is 20.2 Å². The van der Waals surface area contributed by atoms with E-state index in [1.165, 1.54) is 89.9 Å². The summed E-state index contributed by atoms with van der Waals surface area (Å²) >= 11 is 0. The van der Waals surface area contributed by atoms with Crippen molar-refractivity contribution in [1.82, 2.24) is 0 Å². The average Bonchev–Trinajstić information content (AvgIpc) is 2.42. The molecule has 0 aliphatic heterocycles. The molecule has 0 heterocycles. The highest BCUT2D eigenvalue weighted by molar-refractivity contribution is 4.83. The van der Waals surface area contributed by atoms with E-state index in [4.69, 9.17) is 0 Å². The Labute approximate surface area is 134 Å². The van der Waals surface area contributed by atoms with Crippen molar-refractivity contribution in [3.8, 4) is 0 Å². The third-order valence-electron chi connectivity index (χ3n) is 4.20. The monoisotopic (exact) mass is 297 g/mol. The lowest BCUT2D eigenvalue weighted by atomic mass is 9.99. The summed E-state index contributed by atoms with van der Waals surface area (Å²) in [5, 5.41) is 9.57. The summed E-state index contributed by atoms with van der Waals surface area (Å²) in [4.78, 5) is 0. The molecule has 127 valence electrons. The SMILES string of the molecule is CCCCCCCCCCCCCCCC[CH]C(C)(C)O. The highest BCUT2D eigenvalue weighted by Gasteiger charge is 2.11. The molecule has 1 N–H and O–H groups in total. The largest absolute Gasteiger partial charge is 0.390 e. The molecule has 0 aliphatic carbocycles.